The molecule has 0 saturated carbocycles. The van der Waals surface area contributed by atoms with E-state index in [1.807, 2.05) is 19.1 Å². The Balaban J connectivity index is 2.22. The maximum absolute atomic E-state index is 12.3. The lowest BCUT2D eigenvalue weighted by molar-refractivity contribution is -0.122. The third-order valence-electron chi connectivity index (χ3n) is 4.56. The van der Waals surface area contributed by atoms with Crippen LogP contribution in [-0.2, 0) is 15.0 Å². The van der Waals surface area contributed by atoms with Gasteiger partial charge in [-0.3, -0.25) is 14.5 Å². The highest BCUT2D eigenvalue weighted by Gasteiger charge is 2.38. The first-order valence-electron chi connectivity index (χ1n) is 8.23. The van der Waals surface area contributed by atoms with Crippen molar-refractivity contribution in [1.82, 2.24) is 0 Å². The van der Waals surface area contributed by atoms with Crippen LogP contribution in [0.1, 0.15) is 59.4 Å². The quantitative estimate of drug-likeness (QED) is 0.760. The van der Waals surface area contributed by atoms with Crippen LogP contribution < -0.4 is 4.90 Å². The van der Waals surface area contributed by atoms with Crippen LogP contribution in [0.25, 0.3) is 0 Å². The average molecular weight is 301 g/mol. The van der Waals surface area contributed by atoms with Crippen molar-refractivity contribution in [2.45, 2.75) is 59.3 Å². The maximum Gasteiger partial charge on any atom is 0.237 e. The zero-order valence-corrected chi connectivity index (χ0v) is 14.3. The first-order chi connectivity index (χ1) is 10.3. The third-order valence-corrected chi connectivity index (χ3v) is 4.56. The van der Waals surface area contributed by atoms with Crippen LogP contribution in [0.15, 0.2) is 24.3 Å². The van der Waals surface area contributed by atoms with Crippen molar-refractivity contribution in [2.75, 3.05) is 4.90 Å². The molecule has 1 aliphatic rings. The Bertz CT molecular complexity index is 557. The fourth-order valence-electron chi connectivity index (χ4n) is 3.49. The predicted molar refractivity (Wildman–Crippen MR) is 89.8 cm³/mol. The minimum absolute atomic E-state index is 0.0540. The van der Waals surface area contributed by atoms with Gasteiger partial charge in [0.1, 0.15) is 0 Å². The Morgan fingerprint density at radius 2 is 1.77 bits per heavy atom. The van der Waals surface area contributed by atoms with E-state index in [1.54, 1.807) is 0 Å². The molecule has 1 aromatic rings. The number of hydrogen-bond acceptors (Lipinski definition) is 2. The summed E-state index contributed by atoms with van der Waals surface area (Å²) in [6.07, 6.45) is 2.17. The normalized spacial score (nSPS) is 19.4. The van der Waals surface area contributed by atoms with Crippen molar-refractivity contribution >= 4 is 17.5 Å². The highest BCUT2D eigenvalue weighted by atomic mass is 16.2. The maximum atomic E-state index is 12.3. The lowest BCUT2D eigenvalue weighted by atomic mass is 9.78. The molecule has 0 bridgehead atoms. The number of imide groups is 1. The molecule has 0 N–H and O–H groups in total. The van der Waals surface area contributed by atoms with Gasteiger partial charge in [-0.25, -0.2) is 0 Å². The van der Waals surface area contributed by atoms with E-state index in [0.29, 0.717) is 18.0 Å². The lowest BCUT2D eigenvalue weighted by Crippen LogP contribution is -2.30. The number of hydrogen-bond donors (Lipinski definition) is 0. The first kappa shape index (κ1) is 16.7. The lowest BCUT2D eigenvalue weighted by Gasteiger charge is -2.28. The van der Waals surface area contributed by atoms with Gasteiger partial charge in [-0.15, -0.1) is 0 Å². The second kappa shape index (κ2) is 6.23. The molecule has 0 aromatic heterocycles. The highest BCUT2D eigenvalue weighted by Crippen LogP contribution is 2.33. The number of carbonyl (C=O) groups excluding carboxylic acids is 2. The van der Waals surface area contributed by atoms with Gasteiger partial charge in [0, 0.05) is 12.3 Å². The van der Waals surface area contributed by atoms with Crippen LogP contribution in [0.4, 0.5) is 5.69 Å². The molecule has 2 rings (SSSR count). The molecule has 3 heteroatoms. The molecule has 120 valence electrons. The molecular weight excluding hydrogens is 274 g/mol. The molecule has 0 spiro atoms. The minimum Gasteiger partial charge on any atom is -0.274 e. The topological polar surface area (TPSA) is 37.4 Å². The molecule has 1 unspecified atom stereocenters. The number of nitrogens with zero attached hydrogens (tertiary/aromatic N) is 1. The smallest absolute Gasteiger partial charge is 0.237 e. The summed E-state index contributed by atoms with van der Waals surface area (Å²) in [5.74, 6) is 0.346. The van der Waals surface area contributed by atoms with Crippen molar-refractivity contribution in [3.8, 4) is 0 Å². The summed E-state index contributed by atoms with van der Waals surface area (Å²) >= 11 is 0. The van der Waals surface area contributed by atoms with Crippen LogP contribution in [0, 0.1) is 11.8 Å². The Morgan fingerprint density at radius 3 is 2.23 bits per heavy atom. The fraction of sp³-hybridized carbons (Fsp3) is 0.579. The van der Waals surface area contributed by atoms with Gasteiger partial charge >= 0.3 is 0 Å². The molecule has 1 fully saturated rings. The molecule has 0 radical (unpaired) electrons. The molecule has 1 saturated heterocycles. The fourth-order valence-corrected chi connectivity index (χ4v) is 3.49. The van der Waals surface area contributed by atoms with Crippen LogP contribution >= 0.6 is 0 Å². The first-order valence-corrected chi connectivity index (χ1v) is 8.23. The second-order valence-electron chi connectivity index (χ2n) is 7.41. The third kappa shape index (κ3) is 3.23. The number of carbonyl (C=O) groups is 2. The Morgan fingerprint density at radius 1 is 1.18 bits per heavy atom. The number of anilines is 1. The van der Waals surface area contributed by atoms with E-state index in [9.17, 15) is 9.59 Å². The Hall–Kier alpha value is -1.64. The number of amides is 2. The predicted octanol–water partition coefficient (Wildman–Crippen LogP) is 4.30. The van der Waals surface area contributed by atoms with Crippen molar-refractivity contribution in [3.05, 3.63) is 29.8 Å². The average Bonchev–Trinajstić information content (AvgIpc) is 2.72. The van der Waals surface area contributed by atoms with E-state index in [4.69, 9.17) is 0 Å². The summed E-state index contributed by atoms with van der Waals surface area (Å²) in [7, 11) is 0. The van der Waals surface area contributed by atoms with Crippen LogP contribution in [0.5, 0.6) is 0 Å². The summed E-state index contributed by atoms with van der Waals surface area (Å²) in [4.78, 5) is 25.7. The van der Waals surface area contributed by atoms with E-state index >= 15 is 0 Å². The molecule has 1 heterocycles. The van der Waals surface area contributed by atoms with E-state index in [0.717, 1.165) is 12.8 Å². The van der Waals surface area contributed by atoms with Gasteiger partial charge in [0.25, 0.3) is 0 Å². The van der Waals surface area contributed by atoms with Crippen LogP contribution in [0.2, 0.25) is 0 Å². The molecule has 3 nitrogen and oxygen atoms in total. The standard InChI is InChI=1S/C19H27NO2/c1-6-14-11-17(21)20(18(14)22)16-9-7-15(8-10-16)19(4,5)12-13(2)3/h7-10,13-14H,6,11-12H2,1-5H3. The Labute approximate surface area is 133 Å². The van der Waals surface area contributed by atoms with E-state index < -0.39 is 0 Å². The molecule has 0 aliphatic carbocycles. The van der Waals surface area contributed by atoms with Gasteiger partial charge < -0.3 is 0 Å². The van der Waals surface area contributed by atoms with Crippen molar-refractivity contribution in [3.63, 3.8) is 0 Å². The molecular formula is C19H27NO2. The molecule has 1 aliphatic heterocycles. The summed E-state index contributed by atoms with van der Waals surface area (Å²) in [6.45, 7) is 10.9. The monoisotopic (exact) mass is 301 g/mol. The number of rotatable bonds is 5. The summed E-state index contributed by atoms with van der Waals surface area (Å²) in [5.41, 5.74) is 2.05. The highest BCUT2D eigenvalue weighted by molar-refractivity contribution is 6.20. The molecule has 1 aromatic carbocycles. The van der Waals surface area contributed by atoms with Crippen LogP contribution in [0.3, 0.4) is 0 Å². The number of benzene rings is 1. The Kier molecular flexibility index (Phi) is 4.74. The van der Waals surface area contributed by atoms with Crippen LogP contribution in [-0.4, -0.2) is 11.8 Å². The summed E-state index contributed by atoms with van der Waals surface area (Å²) in [5, 5.41) is 0. The van der Waals surface area contributed by atoms with Gasteiger partial charge in [0.15, 0.2) is 0 Å². The van der Waals surface area contributed by atoms with Gasteiger partial charge in [-0.2, -0.15) is 0 Å². The molecule has 2 amide bonds. The van der Waals surface area contributed by atoms with E-state index in [1.165, 1.54) is 10.5 Å². The molecule has 22 heavy (non-hydrogen) atoms. The van der Waals surface area contributed by atoms with E-state index in [-0.39, 0.29) is 23.1 Å². The van der Waals surface area contributed by atoms with Gasteiger partial charge in [0.2, 0.25) is 11.8 Å². The van der Waals surface area contributed by atoms with Gasteiger partial charge in [0.05, 0.1) is 5.69 Å². The van der Waals surface area contributed by atoms with Gasteiger partial charge in [-0.1, -0.05) is 46.8 Å². The van der Waals surface area contributed by atoms with E-state index in [2.05, 4.69) is 39.8 Å². The van der Waals surface area contributed by atoms with Crippen molar-refractivity contribution in [1.29, 1.82) is 0 Å². The van der Waals surface area contributed by atoms with Crippen molar-refractivity contribution < 1.29 is 9.59 Å². The summed E-state index contributed by atoms with van der Waals surface area (Å²) in [6, 6.07) is 7.92. The zero-order valence-electron chi connectivity index (χ0n) is 14.3. The summed E-state index contributed by atoms with van der Waals surface area (Å²) < 4.78 is 0. The zero-order chi connectivity index (χ0) is 16.5. The molecule has 1 atom stereocenters. The van der Waals surface area contributed by atoms with Gasteiger partial charge in [-0.05, 0) is 41.9 Å². The second-order valence-corrected chi connectivity index (χ2v) is 7.41. The largest absolute Gasteiger partial charge is 0.274 e. The minimum atomic E-state index is -0.149. The van der Waals surface area contributed by atoms with Crippen molar-refractivity contribution in [2.24, 2.45) is 11.8 Å². The SMILES string of the molecule is CCC1CC(=O)N(c2ccc(C(C)(C)CC(C)C)cc2)C1=O.